The predicted molar refractivity (Wildman–Crippen MR) is 71.8 cm³/mol. The molecule has 0 saturated carbocycles. The maximum absolute atomic E-state index is 4.75. The molecular weight excluding hydrogens is 278 g/mol. The van der Waals surface area contributed by atoms with E-state index in [4.69, 9.17) is 4.98 Å². The van der Waals surface area contributed by atoms with E-state index < -0.39 is 0 Å². The molecule has 3 nitrogen and oxygen atoms in total. The maximum Gasteiger partial charge on any atom is 0.141 e. The highest BCUT2D eigenvalue weighted by atomic mass is 79.9. The normalized spacial score (nSPS) is 14.7. The Labute approximate surface area is 109 Å². The van der Waals surface area contributed by atoms with E-state index in [1.165, 1.54) is 11.4 Å². The molecule has 0 radical (unpaired) electrons. The third-order valence-electron chi connectivity index (χ3n) is 3.24. The Kier molecular flexibility index (Phi) is 2.76. The molecule has 0 atom stereocenters. The molecule has 1 aromatic carbocycles. The summed E-state index contributed by atoms with van der Waals surface area (Å²) in [5, 5.41) is 3.36. The average molecular weight is 292 g/mol. The first-order valence-electron chi connectivity index (χ1n) is 5.77. The van der Waals surface area contributed by atoms with Crippen LogP contribution in [0.1, 0.15) is 11.4 Å². The first-order valence-corrected chi connectivity index (χ1v) is 6.57. The molecule has 2 aromatic rings. The number of halogens is 1. The molecule has 88 valence electrons. The summed E-state index contributed by atoms with van der Waals surface area (Å²) in [4.78, 5) is 4.75. The second-order valence-electron chi connectivity index (χ2n) is 4.29. The smallest absolute Gasteiger partial charge is 0.141 e. The Balaban J connectivity index is 2.16. The largest absolute Gasteiger partial charge is 0.331 e. The van der Waals surface area contributed by atoms with Crippen molar-refractivity contribution in [2.24, 2.45) is 7.05 Å². The molecule has 0 spiro atoms. The summed E-state index contributed by atoms with van der Waals surface area (Å²) in [7, 11) is 2.10. The first-order chi connectivity index (χ1) is 8.27. The van der Waals surface area contributed by atoms with E-state index in [0.29, 0.717) is 0 Å². The highest BCUT2D eigenvalue weighted by Crippen LogP contribution is 2.29. The monoisotopic (exact) mass is 291 g/mol. The van der Waals surface area contributed by atoms with Crippen LogP contribution in [0.3, 0.4) is 0 Å². The molecule has 1 aromatic heterocycles. The minimum Gasteiger partial charge on any atom is -0.331 e. The van der Waals surface area contributed by atoms with Crippen LogP contribution >= 0.6 is 15.9 Å². The zero-order valence-electron chi connectivity index (χ0n) is 9.70. The summed E-state index contributed by atoms with van der Waals surface area (Å²) in [6, 6.07) is 8.23. The number of aromatic nitrogens is 2. The zero-order valence-corrected chi connectivity index (χ0v) is 11.3. The Morgan fingerprint density at radius 2 is 2.18 bits per heavy atom. The van der Waals surface area contributed by atoms with Crippen LogP contribution < -0.4 is 5.32 Å². The number of fused-ring (bicyclic) bond motifs is 1. The fraction of sp³-hybridized carbons (Fsp3) is 0.308. The lowest BCUT2D eigenvalue weighted by atomic mass is 10.2. The van der Waals surface area contributed by atoms with Crippen LogP contribution in [0.15, 0.2) is 28.7 Å². The lowest BCUT2D eigenvalue weighted by Crippen LogP contribution is -2.24. The third kappa shape index (κ3) is 1.81. The van der Waals surface area contributed by atoms with Crippen molar-refractivity contribution >= 4 is 15.9 Å². The molecule has 3 rings (SSSR count). The van der Waals surface area contributed by atoms with Crippen LogP contribution in [-0.2, 0) is 20.0 Å². The van der Waals surface area contributed by atoms with E-state index in [2.05, 4.69) is 45.0 Å². The fourth-order valence-corrected chi connectivity index (χ4v) is 2.80. The predicted octanol–water partition coefficient (Wildman–Crippen LogP) is 2.50. The van der Waals surface area contributed by atoms with Crippen LogP contribution in [0.5, 0.6) is 0 Å². The van der Waals surface area contributed by atoms with Crippen molar-refractivity contribution in [1.29, 1.82) is 0 Å². The van der Waals surface area contributed by atoms with E-state index in [0.717, 1.165) is 35.4 Å². The van der Waals surface area contributed by atoms with Crippen molar-refractivity contribution in [3.8, 4) is 11.4 Å². The van der Waals surface area contributed by atoms with E-state index in [1.807, 2.05) is 12.1 Å². The van der Waals surface area contributed by atoms with Gasteiger partial charge < -0.3 is 9.88 Å². The Morgan fingerprint density at radius 1 is 1.35 bits per heavy atom. The molecule has 0 fully saturated rings. The van der Waals surface area contributed by atoms with Crippen molar-refractivity contribution in [1.82, 2.24) is 14.9 Å². The third-order valence-corrected chi connectivity index (χ3v) is 3.93. The molecule has 0 amide bonds. The van der Waals surface area contributed by atoms with Crippen molar-refractivity contribution in [2.45, 2.75) is 13.0 Å². The van der Waals surface area contributed by atoms with Crippen LogP contribution in [-0.4, -0.2) is 16.1 Å². The molecule has 0 aliphatic carbocycles. The second kappa shape index (κ2) is 4.27. The molecule has 1 aliphatic rings. The van der Waals surface area contributed by atoms with E-state index in [1.54, 1.807) is 0 Å². The number of imidazole rings is 1. The van der Waals surface area contributed by atoms with Gasteiger partial charge in [-0.05, 0) is 6.07 Å². The van der Waals surface area contributed by atoms with E-state index in [-0.39, 0.29) is 0 Å². The highest BCUT2D eigenvalue weighted by Gasteiger charge is 2.19. The summed E-state index contributed by atoms with van der Waals surface area (Å²) in [5.74, 6) is 1.05. The molecule has 0 bridgehead atoms. The Morgan fingerprint density at radius 3 is 2.94 bits per heavy atom. The van der Waals surface area contributed by atoms with Crippen molar-refractivity contribution in [3.05, 3.63) is 40.1 Å². The zero-order chi connectivity index (χ0) is 11.8. The van der Waals surface area contributed by atoms with Crippen LogP contribution in [0.25, 0.3) is 11.4 Å². The first kappa shape index (κ1) is 11.0. The van der Waals surface area contributed by atoms with E-state index in [9.17, 15) is 0 Å². The number of hydrogen-bond acceptors (Lipinski definition) is 2. The molecule has 17 heavy (non-hydrogen) atoms. The van der Waals surface area contributed by atoms with Crippen molar-refractivity contribution < 1.29 is 0 Å². The van der Waals surface area contributed by atoms with Gasteiger partial charge >= 0.3 is 0 Å². The van der Waals surface area contributed by atoms with Crippen LogP contribution in [0, 0.1) is 0 Å². The van der Waals surface area contributed by atoms with Crippen molar-refractivity contribution in [2.75, 3.05) is 6.54 Å². The quantitative estimate of drug-likeness (QED) is 0.875. The summed E-state index contributed by atoms with van der Waals surface area (Å²) < 4.78 is 3.31. The topological polar surface area (TPSA) is 29.9 Å². The summed E-state index contributed by atoms with van der Waals surface area (Å²) in [6.45, 7) is 1.93. The molecule has 0 unspecified atom stereocenters. The van der Waals surface area contributed by atoms with Gasteiger partial charge in [-0.25, -0.2) is 4.98 Å². The van der Waals surface area contributed by atoms with Gasteiger partial charge in [-0.2, -0.15) is 0 Å². The van der Waals surface area contributed by atoms with Gasteiger partial charge in [0.05, 0.1) is 5.69 Å². The molecule has 1 aliphatic heterocycles. The maximum atomic E-state index is 4.75. The number of hydrogen-bond donors (Lipinski definition) is 1. The molecule has 0 saturated heterocycles. The lowest BCUT2D eigenvalue weighted by Gasteiger charge is -2.13. The minimum atomic E-state index is 0.883. The summed E-state index contributed by atoms with van der Waals surface area (Å²) in [5.41, 5.74) is 3.70. The Hall–Kier alpha value is -1.13. The summed E-state index contributed by atoms with van der Waals surface area (Å²) in [6.07, 6.45) is 1.06. The van der Waals surface area contributed by atoms with Gasteiger partial charge in [0.1, 0.15) is 5.82 Å². The van der Waals surface area contributed by atoms with Gasteiger partial charge in [0.2, 0.25) is 0 Å². The van der Waals surface area contributed by atoms with Gasteiger partial charge in [-0.15, -0.1) is 0 Å². The number of benzene rings is 1. The lowest BCUT2D eigenvalue weighted by molar-refractivity contribution is 0.612. The van der Waals surface area contributed by atoms with Gasteiger partial charge in [0.15, 0.2) is 0 Å². The second-order valence-corrected chi connectivity index (χ2v) is 5.15. The van der Waals surface area contributed by atoms with Crippen LogP contribution in [0.4, 0.5) is 0 Å². The standard InChI is InChI=1S/C13H14BrN3/c1-17-12-6-7-15-8-11(12)16-13(17)9-4-2-3-5-10(9)14/h2-5,15H,6-8H2,1H3. The molecule has 4 heteroatoms. The van der Waals surface area contributed by atoms with Gasteiger partial charge in [-0.1, -0.05) is 34.1 Å². The van der Waals surface area contributed by atoms with Gasteiger partial charge in [-0.3, -0.25) is 0 Å². The highest BCUT2D eigenvalue weighted by molar-refractivity contribution is 9.10. The minimum absolute atomic E-state index is 0.883. The summed E-state index contributed by atoms with van der Waals surface area (Å²) >= 11 is 3.59. The number of rotatable bonds is 1. The molecule has 1 N–H and O–H groups in total. The Bertz CT molecular complexity index is 560. The molecular formula is C13H14BrN3. The van der Waals surface area contributed by atoms with Crippen LogP contribution in [0.2, 0.25) is 0 Å². The van der Waals surface area contributed by atoms with Gasteiger partial charge in [0, 0.05) is 42.3 Å². The van der Waals surface area contributed by atoms with Crippen molar-refractivity contribution in [3.63, 3.8) is 0 Å². The molecule has 2 heterocycles. The number of nitrogens with zero attached hydrogens (tertiary/aromatic N) is 2. The average Bonchev–Trinajstić information content (AvgIpc) is 2.68. The number of nitrogens with one attached hydrogen (secondary N) is 1. The SMILES string of the molecule is Cn1c(-c2ccccc2Br)nc2c1CCNC2. The van der Waals surface area contributed by atoms with Gasteiger partial charge in [0.25, 0.3) is 0 Å². The fourth-order valence-electron chi connectivity index (χ4n) is 2.34. The van der Waals surface area contributed by atoms with E-state index >= 15 is 0 Å².